The maximum atomic E-state index is 14.4. The molecule has 4 aliphatic rings. The average Bonchev–Trinajstić information content (AvgIpc) is 3.44. The number of carbonyl (C=O) groups excluding carboxylic acids is 2. The van der Waals surface area contributed by atoms with Crippen molar-refractivity contribution < 1.29 is 23.3 Å². The largest absolute Gasteiger partial charge is 0.490 e. The summed E-state index contributed by atoms with van der Waals surface area (Å²) < 4.78 is 33.1. The highest BCUT2D eigenvalue weighted by Crippen LogP contribution is 2.47. The van der Waals surface area contributed by atoms with Crippen LogP contribution in [0.25, 0.3) is 0 Å². The Balaban J connectivity index is 1.24. The Morgan fingerprint density at radius 3 is 2.80 bits per heavy atom. The van der Waals surface area contributed by atoms with E-state index in [-0.39, 0.29) is 35.2 Å². The van der Waals surface area contributed by atoms with Gasteiger partial charge in [0.1, 0.15) is 11.5 Å². The monoisotopic (exact) mass is 698 g/mol. The third kappa shape index (κ3) is 7.33. The van der Waals surface area contributed by atoms with E-state index in [1.54, 1.807) is 17.9 Å². The molecule has 1 aromatic heterocycles. The number of hydrogen-bond donors (Lipinski definition) is 0. The van der Waals surface area contributed by atoms with Crippen molar-refractivity contribution in [2.75, 3.05) is 43.2 Å². The van der Waals surface area contributed by atoms with E-state index < -0.39 is 15.6 Å². The second kappa shape index (κ2) is 14.5. The molecule has 2 aliphatic carbocycles. The molecule has 7 rings (SSSR count). The molecule has 0 radical (unpaired) electrons. The number of Topliss-reactive ketones (excluding diaryl/α,β-unsaturated/α-hetero) is 1. The number of hydrogen-bond acceptors (Lipinski definition) is 7. The maximum absolute atomic E-state index is 14.4. The number of benzene rings is 2. The Morgan fingerprint density at radius 1 is 1.14 bits per heavy atom. The Morgan fingerprint density at radius 2 is 2.02 bits per heavy atom. The van der Waals surface area contributed by atoms with Crippen molar-refractivity contribution in [3.05, 3.63) is 88.8 Å². The van der Waals surface area contributed by atoms with Gasteiger partial charge in [0.25, 0.3) is 5.91 Å². The first-order valence-corrected chi connectivity index (χ1v) is 20.1. The Kier molecular flexibility index (Phi) is 10.0. The summed E-state index contributed by atoms with van der Waals surface area (Å²) >= 11 is 0. The van der Waals surface area contributed by atoms with Crippen LogP contribution in [0.3, 0.4) is 0 Å². The fourth-order valence-corrected chi connectivity index (χ4v) is 10.5. The molecule has 0 unspecified atom stereocenters. The Bertz CT molecular complexity index is 1910. The molecule has 2 bridgehead atoms. The highest BCUT2D eigenvalue weighted by molar-refractivity contribution is 7.94. The molecular weight excluding hydrogens is 649 g/mol. The van der Waals surface area contributed by atoms with Crippen LogP contribution in [0.1, 0.15) is 77.7 Å². The molecule has 5 atom stereocenters. The SMILES string of the molecule is CO[C@H]1/C=C/CCC[S@@](=O)(CC(=O)CCc2ccn(C)n2)=NC(=O)c2ccc3c(c2)N(C[C@@H]2CC[C@H]21)C[C@@]1(CCCc2cc(C)ccc21)CO3. The average molecular weight is 699 g/mol. The number of anilines is 1. The number of aryl methyl sites for hydroxylation is 4. The predicted octanol–water partition coefficient (Wildman–Crippen LogP) is 6.40. The van der Waals surface area contributed by atoms with Gasteiger partial charge < -0.3 is 14.4 Å². The third-order valence-electron chi connectivity index (χ3n) is 11.3. The number of ketones is 1. The van der Waals surface area contributed by atoms with Gasteiger partial charge >= 0.3 is 0 Å². The number of allylic oxidation sites excluding steroid dienone is 1. The second-order valence-electron chi connectivity index (χ2n) is 15.0. The summed E-state index contributed by atoms with van der Waals surface area (Å²) in [6.07, 6.45) is 13.4. The fraction of sp³-hybridized carbons (Fsp3) is 0.525. The fourth-order valence-electron chi connectivity index (χ4n) is 8.54. The number of aromatic nitrogens is 2. The minimum Gasteiger partial charge on any atom is -0.490 e. The normalized spacial score (nSPS) is 28.7. The van der Waals surface area contributed by atoms with Crippen molar-refractivity contribution in [2.24, 2.45) is 23.2 Å². The summed E-state index contributed by atoms with van der Waals surface area (Å²) in [6, 6.07) is 14.2. The molecule has 3 aromatic rings. The van der Waals surface area contributed by atoms with Gasteiger partial charge in [-0.2, -0.15) is 9.46 Å². The van der Waals surface area contributed by atoms with Gasteiger partial charge in [-0.15, -0.1) is 0 Å². The molecule has 1 amide bonds. The quantitative estimate of drug-likeness (QED) is 0.275. The number of fused-ring (bicyclic) bond motifs is 4. The van der Waals surface area contributed by atoms with Crippen LogP contribution in [0.2, 0.25) is 0 Å². The zero-order chi connectivity index (χ0) is 34.9. The van der Waals surface area contributed by atoms with E-state index in [0.717, 1.165) is 62.3 Å². The van der Waals surface area contributed by atoms with E-state index in [9.17, 15) is 13.8 Å². The molecule has 0 N–H and O–H groups in total. The van der Waals surface area contributed by atoms with Gasteiger partial charge in [-0.3, -0.25) is 14.3 Å². The molecule has 2 aliphatic heterocycles. The van der Waals surface area contributed by atoms with Crippen molar-refractivity contribution >= 4 is 27.1 Å². The predicted molar refractivity (Wildman–Crippen MR) is 197 cm³/mol. The molecular formula is C40H50N4O5S. The Labute approximate surface area is 296 Å². The molecule has 266 valence electrons. The highest BCUT2D eigenvalue weighted by Gasteiger charge is 2.44. The summed E-state index contributed by atoms with van der Waals surface area (Å²) in [4.78, 5) is 29.5. The first-order valence-electron chi connectivity index (χ1n) is 18.2. The smallest absolute Gasteiger partial charge is 0.285 e. The van der Waals surface area contributed by atoms with Crippen molar-refractivity contribution in [1.29, 1.82) is 0 Å². The third-order valence-corrected chi connectivity index (χ3v) is 13.5. The molecule has 1 spiro atoms. The first-order chi connectivity index (χ1) is 24.1. The second-order valence-corrected chi connectivity index (χ2v) is 17.4. The van der Waals surface area contributed by atoms with E-state index in [1.165, 1.54) is 16.7 Å². The van der Waals surface area contributed by atoms with Gasteiger partial charge in [0.2, 0.25) is 0 Å². The summed E-state index contributed by atoms with van der Waals surface area (Å²) in [5.74, 6) is 0.772. The minimum atomic E-state index is -3.15. The van der Waals surface area contributed by atoms with Crippen LogP contribution in [-0.4, -0.2) is 70.1 Å². The van der Waals surface area contributed by atoms with Crippen LogP contribution < -0.4 is 9.64 Å². The molecule has 1 fully saturated rings. The summed E-state index contributed by atoms with van der Waals surface area (Å²) in [5.41, 5.74) is 5.92. The lowest BCUT2D eigenvalue weighted by Crippen LogP contribution is -2.49. The zero-order valence-corrected chi connectivity index (χ0v) is 30.5. The number of rotatable bonds is 6. The van der Waals surface area contributed by atoms with Gasteiger partial charge in [0, 0.05) is 56.6 Å². The van der Waals surface area contributed by atoms with Gasteiger partial charge in [0.15, 0.2) is 0 Å². The van der Waals surface area contributed by atoms with Gasteiger partial charge in [-0.25, -0.2) is 4.21 Å². The van der Waals surface area contributed by atoms with Crippen LogP contribution in [0.15, 0.2) is 65.2 Å². The lowest BCUT2D eigenvalue weighted by Gasteiger charge is -2.46. The number of amides is 1. The van der Waals surface area contributed by atoms with E-state index >= 15 is 0 Å². The summed E-state index contributed by atoms with van der Waals surface area (Å²) in [7, 11) is 0.468. The van der Waals surface area contributed by atoms with E-state index in [0.29, 0.717) is 43.3 Å². The van der Waals surface area contributed by atoms with Crippen molar-refractivity contribution in [2.45, 2.75) is 76.2 Å². The van der Waals surface area contributed by atoms with Gasteiger partial charge in [-0.05, 0) is 106 Å². The minimum absolute atomic E-state index is 0.00757. The van der Waals surface area contributed by atoms with Crippen LogP contribution in [0.4, 0.5) is 5.69 Å². The highest BCUT2D eigenvalue weighted by atomic mass is 32.2. The molecule has 50 heavy (non-hydrogen) atoms. The maximum Gasteiger partial charge on any atom is 0.285 e. The molecule has 3 heterocycles. The molecule has 9 nitrogen and oxygen atoms in total. The molecule has 2 aromatic carbocycles. The number of methoxy groups -OCH3 is 1. The molecule has 0 saturated heterocycles. The van der Waals surface area contributed by atoms with Crippen LogP contribution in [0.5, 0.6) is 5.75 Å². The van der Waals surface area contributed by atoms with Crippen molar-refractivity contribution in [1.82, 2.24) is 9.78 Å². The van der Waals surface area contributed by atoms with E-state index in [4.69, 9.17) is 9.47 Å². The number of ether oxygens (including phenoxy) is 2. The summed E-state index contributed by atoms with van der Waals surface area (Å²) in [6.45, 7) is 4.33. The van der Waals surface area contributed by atoms with Gasteiger partial charge in [-0.1, -0.05) is 35.9 Å². The number of carbonyl (C=O) groups is 2. The van der Waals surface area contributed by atoms with Crippen LogP contribution >= 0.6 is 0 Å². The first kappa shape index (κ1) is 34.7. The number of nitrogens with zero attached hydrogens (tertiary/aromatic N) is 4. The Hall–Kier alpha value is -3.76. The van der Waals surface area contributed by atoms with Crippen molar-refractivity contribution in [3.8, 4) is 5.75 Å². The van der Waals surface area contributed by atoms with E-state index in [1.807, 2.05) is 31.4 Å². The van der Waals surface area contributed by atoms with Crippen LogP contribution in [0, 0.1) is 18.8 Å². The van der Waals surface area contributed by atoms with E-state index in [2.05, 4.69) is 51.6 Å². The summed E-state index contributed by atoms with van der Waals surface area (Å²) in [5, 5.41) is 4.36. The molecule has 1 saturated carbocycles. The van der Waals surface area contributed by atoms with Crippen molar-refractivity contribution in [3.63, 3.8) is 0 Å². The lowest BCUT2D eigenvalue weighted by molar-refractivity contribution is -0.116. The van der Waals surface area contributed by atoms with Crippen LogP contribution in [-0.2, 0) is 44.6 Å². The van der Waals surface area contributed by atoms with Gasteiger partial charge in [0.05, 0.1) is 39.6 Å². The lowest BCUT2D eigenvalue weighted by atomic mass is 9.68. The standard InChI is InChI=1S/C40H50N4O5S/c1-28-10-16-35-29(22-28)8-7-19-40(35)26-44-24-31-11-15-34(31)37(48-3)9-5-4-6-21-50(47,25-33(45)14-13-32-18-20-43(2)41-32)42-39(46)30-12-17-38(49-27-40)36(44)23-30/h5,9-10,12,16-18,20,22-23,31,34,37H,4,6-8,11,13-15,19,21,24-27H2,1-3H3/b9-5+/t31-,34+,37-,40-,50+/m0/s1. The molecule has 10 heteroatoms. The zero-order valence-electron chi connectivity index (χ0n) is 29.6. The topological polar surface area (TPSA) is 103 Å².